The van der Waals surface area contributed by atoms with E-state index >= 15 is 0 Å². The number of methoxy groups -OCH3 is 1. The molecule has 0 aliphatic heterocycles. The Hall–Kier alpha value is -1.84. The maximum absolute atomic E-state index is 5.59. The number of nitrogens with one attached hydrogen (secondary N) is 2. The summed E-state index contributed by atoms with van der Waals surface area (Å²) in [5, 5.41) is 7.58. The minimum absolute atomic E-state index is 0.340. The van der Waals surface area contributed by atoms with Crippen molar-refractivity contribution in [2.24, 2.45) is 0 Å². The minimum Gasteiger partial charge on any atom is -0.496 e. The molecule has 1 aliphatic carbocycles. The van der Waals surface area contributed by atoms with Gasteiger partial charge in [-0.05, 0) is 49.4 Å². The van der Waals surface area contributed by atoms with Crippen molar-refractivity contribution in [3.63, 3.8) is 0 Å². The predicted molar refractivity (Wildman–Crippen MR) is 113 cm³/mol. The number of hydrogen-bond donors (Lipinski definition) is 2. The molecule has 2 aromatic rings. The summed E-state index contributed by atoms with van der Waals surface area (Å²) in [5.41, 5.74) is 5.18. The molecule has 0 radical (unpaired) electrons. The van der Waals surface area contributed by atoms with Crippen LogP contribution in [0.1, 0.15) is 60.4 Å². The first kappa shape index (κ1) is 19.9. The average molecular weight is 367 g/mol. The Bertz CT molecular complexity index is 708. The highest BCUT2D eigenvalue weighted by Crippen LogP contribution is 2.24. The molecule has 0 aromatic heterocycles. The normalized spacial score (nSPS) is 16.3. The Morgan fingerprint density at radius 2 is 1.70 bits per heavy atom. The van der Waals surface area contributed by atoms with Gasteiger partial charge >= 0.3 is 0 Å². The molecular formula is C24H34N2O. The van der Waals surface area contributed by atoms with Crippen LogP contribution in [0.3, 0.4) is 0 Å². The fraction of sp³-hybridized carbons (Fsp3) is 0.500. The molecule has 2 N–H and O–H groups in total. The van der Waals surface area contributed by atoms with Crippen LogP contribution in [0.25, 0.3) is 0 Å². The summed E-state index contributed by atoms with van der Waals surface area (Å²) in [4.78, 5) is 0. The van der Waals surface area contributed by atoms with Crippen LogP contribution in [-0.2, 0) is 6.54 Å². The van der Waals surface area contributed by atoms with E-state index in [1.54, 1.807) is 7.11 Å². The minimum atomic E-state index is 0.340. The molecule has 3 heteroatoms. The Balaban J connectivity index is 1.65. The van der Waals surface area contributed by atoms with E-state index in [0.29, 0.717) is 12.1 Å². The van der Waals surface area contributed by atoms with Crippen molar-refractivity contribution >= 4 is 0 Å². The van der Waals surface area contributed by atoms with Gasteiger partial charge in [0.25, 0.3) is 0 Å². The van der Waals surface area contributed by atoms with E-state index in [4.69, 9.17) is 4.74 Å². The van der Waals surface area contributed by atoms with Crippen molar-refractivity contribution in [3.8, 4) is 5.75 Å². The lowest BCUT2D eigenvalue weighted by Crippen LogP contribution is -2.39. The molecule has 1 saturated carbocycles. The van der Waals surface area contributed by atoms with E-state index in [9.17, 15) is 0 Å². The molecule has 1 atom stereocenters. The van der Waals surface area contributed by atoms with Crippen LogP contribution in [0.2, 0.25) is 0 Å². The van der Waals surface area contributed by atoms with Crippen molar-refractivity contribution in [1.82, 2.24) is 10.6 Å². The molecule has 2 aromatic carbocycles. The molecule has 0 saturated heterocycles. The molecule has 27 heavy (non-hydrogen) atoms. The highest BCUT2D eigenvalue weighted by molar-refractivity contribution is 5.41. The third-order valence-electron chi connectivity index (χ3n) is 5.80. The van der Waals surface area contributed by atoms with Gasteiger partial charge in [-0.3, -0.25) is 0 Å². The van der Waals surface area contributed by atoms with Crippen molar-refractivity contribution in [1.29, 1.82) is 0 Å². The Kier molecular flexibility index (Phi) is 7.31. The van der Waals surface area contributed by atoms with Crippen LogP contribution in [0.4, 0.5) is 0 Å². The van der Waals surface area contributed by atoms with E-state index < -0.39 is 0 Å². The lowest BCUT2D eigenvalue weighted by Gasteiger charge is -2.29. The Morgan fingerprint density at radius 1 is 1.00 bits per heavy atom. The second kappa shape index (κ2) is 9.91. The van der Waals surface area contributed by atoms with E-state index in [-0.39, 0.29) is 0 Å². The monoisotopic (exact) mass is 366 g/mol. The molecule has 0 bridgehead atoms. The van der Waals surface area contributed by atoms with Crippen molar-refractivity contribution in [3.05, 3.63) is 64.7 Å². The molecule has 3 nitrogen and oxygen atoms in total. The number of ether oxygens (including phenoxy) is 1. The second-order valence-electron chi connectivity index (χ2n) is 7.84. The SMILES string of the molecule is COc1cc(C)c(C)cc1CNCC(NC1CCCCC1)c1ccccc1. The Labute approximate surface area is 164 Å². The van der Waals surface area contributed by atoms with Crippen molar-refractivity contribution < 1.29 is 4.74 Å². The highest BCUT2D eigenvalue weighted by Gasteiger charge is 2.19. The van der Waals surface area contributed by atoms with Gasteiger partial charge in [-0.1, -0.05) is 55.7 Å². The quantitative estimate of drug-likeness (QED) is 0.685. The Morgan fingerprint density at radius 3 is 2.41 bits per heavy atom. The number of rotatable bonds is 8. The van der Waals surface area contributed by atoms with E-state index in [2.05, 4.69) is 66.9 Å². The molecule has 0 heterocycles. The summed E-state index contributed by atoms with van der Waals surface area (Å²) in [6.45, 7) is 6.03. The molecule has 1 unspecified atom stereocenters. The zero-order chi connectivity index (χ0) is 19.1. The van der Waals surface area contributed by atoms with Crippen molar-refractivity contribution in [2.75, 3.05) is 13.7 Å². The first-order valence-electron chi connectivity index (χ1n) is 10.3. The third kappa shape index (κ3) is 5.57. The van der Waals surface area contributed by atoms with E-state index in [0.717, 1.165) is 18.8 Å². The number of hydrogen-bond acceptors (Lipinski definition) is 3. The van der Waals surface area contributed by atoms with Gasteiger partial charge in [0.15, 0.2) is 0 Å². The van der Waals surface area contributed by atoms with Gasteiger partial charge in [-0.25, -0.2) is 0 Å². The molecule has 0 amide bonds. The van der Waals surface area contributed by atoms with Crippen LogP contribution in [0.5, 0.6) is 5.75 Å². The van der Waals surface area contributed by atoms with Crippen LogP contribution >= 0.6 is 0 Å². The lowest BCUT2D eigenvalue weighted by molar-refractivity contribution is 0.331. The third-order valence-corrected chi connectivity index (χ3v) is 5.80. The van der Waals surface area contributed by atoms with Gasteiger partial charge < -0.3 is 15.4 Å². The number of aryl methyl sites for hydroxylation is 2. The summed E-state index contributed by atoms with van der Waals surface area (Å²) in [6.07, 6.45) is 6.69. The van der Waals surface area contributed by atoms with Crippen molar-refractivity contribution in [2.45, 2.75) is 64.6 Å². The molecular weight excluding hydrogens is 332 g/mol. The summed E-state index contributed by atoms with van der Waals surface area (Å²) >= 11 is 0. The summed E-state index contributed by atoms with van der Waals surface area (Å²) < 4.78 is 5.59. The lowest BCUT2D eigenvalue weighted by atomic mass is 9.94. The van der Waals surface area contributed by atoms with Gasteiger partial charge in [0.05, 0.1) is 7.11 Å². The predicted octanol–water partition coefficient (Wildman–Crippen LogP) is 5.07. The first-order valence-corrected chi connectivity index (χ1v) is 10.3. The molecule has 1 aliphatic rings. The number of benzene rings is 2. The fourth-order valence-corrected chi connectivity index (χ4v) is 4.04. The second-order valence-corrected chi connectivity index (χ2v) is 7.84. The topological polar surface area (TPSA) is 33.3 Å². The summed E-state index contributed by atoms with van der Waals surface area (Å²) in [7, 11) is 1.75. The highest BCUT2D eigenvalue weighted by atomic mass is 16.5. The van der Waals surface area contributed by atoms with Gasteiger partial charge in [0.1, 0.15) is 5.75 Å². The maximum Gasteiger partial charge on any atom is 0.123 e. The summed E-state index contributed by atoms with van der Waals surface area (Å²) in [5.74, 6) is 0.974. The van der Waals surface area contributed by atoms with Crippen LogP contribution in [0.15, 0.2) is 42.5 Å². The zero-order valence-corrected chi connectivity index (χ0v) is 17.1. The van der Waals surface area contributed by atoms with Crippen LogP contribution < -0.4 is 15.4 Å². The van der Waals surface area contributed by atoms with E-state index in [1.165, 1.54) is 54.4 Å². The maximum atomic E-state index is 5.59. The van der Waals surface area contributed by atoms with Crippen LogP contribution in [-0.4, -0.2) is 19.7 Å². The first-order chi connectivity index (χ1) is 13.2. The van der Waals surface area contributed by atoms with Crippen LogP contribution in [0, 0.1) is 13.8 Å². The molecule has 146 valence electrons. The van der Waals surface area contributed by atoms with E-state index in [1.807, 2.05) is 0 Å². The van der Waals surface area contributed by atoms with Gasteiger partial charge in [0, 0.05) is 30.7 Å². The molecule has 0 spiro atoms. The smallest absolute Gasteiger partial charge is 0.123 e. The fourth-order valence-electron chi connectivity index (χ4n) is 4.04. The van der Waals surface area contributed by atoms with Gasteiger partial charge in [0.2, 0.25) is 0 Å². The largest absolute Gasteiger partial charge is 0.496 e. The van der Waals surface area contributed by atoms with Gasteiger partial charge in [-0.15, -0.1) is 0 Å². The molecule has 1 fully saturated rings. The average Bonchev–Trinajstić information content (AvgIpc) is 2.71. The summed E-state index contributed by atoms with van der Waals surface area (Å²) in [6, 6.07) is 16.2. The molecule has 3 rings (SSSR count). The standard InChI is InChI=1S/C24H34N2O/c1-18-14-21(24(27-3)15-19(18)2)16-25-17-23(20-10-6-4-7-11-20)26-22-12-8-5-9-13-22/h4,6-7,10-11,14-15,22-23,25-26H,5,8-9,12-13,16-17H2,1-3H3. The van der Waals surface area contributed by atoms with Gasteiger partial charge in [-0.2, -0.15) is 0 Å². The zero-order valence-electron chi connectivity index (χ0n) is 17.1.